The van der Waals surface area contributed by atoms with E-state index in [-0.39, 0.29) is 24.4 Å². The summed E-state index contributed by atoms with van der Waals surface area (Å²) in [5, 5.41) is 4.08. The summed E-state index contributed by atoms with van der Waals surface area (Å²) in [4.78, 5) is 33.3. The Kier molecular flexibility index (Phi) is 5.01. The molecule has 3 aromatic rings. The lowest BCUT2D eigenvalue weighted by atomic mass is 9.97. The highest BCUT2D eigenvalue weighted by Crippen LogP contribution is 2.40. The number of carbonyl (C=O) groups is 2. The first kappa shape index (κ1) is 18.9. The number of para-hydroxylation sites is 1. The Morgan fingerprint density at radius 1 is 1.03 bits per heavy atom. The van der Waals surface area contributed by atoms with Gasteiger partial charge in [-0.25, -0.2) is 0 Å². The molecule has 0 bridgehead atoms. The molecule has 2 amide bonds. The van der Waals surface area contributed by atoms with Crippen molar-refractivity contribution in [1.29, 1.82) is 0 Å². The second kappa shape index (κ2) is 7.95. The van der Waals surface area contributed by atoms with Crippen LogP contribution in [0.5, 0.6) is 0 Å². The summed E-state index contributed by atoms with van der Waals surface area (Å²) >= 11 is 0. The summed E-state index contributed by atoms with van der Waals surface area (Å²) < 4.78 is 0. The van der Waals surface area contributed by atoms with Crippen LogP contribution in [-0.2, 0) is 4.79 Å². The van der Waals surface area contributed by atoms with Crippen LogP contribution in [-0.4, -0.2) is 59.3 Å². The van der Waals surface area contributed by atoms with Gasteiger partial charge in [0.05, 0.1) is 6.04 Å². The Labute approximate surface area is 175 Å². The molecule has 0 saturated carbocycles. The zero-order valence-electron chi connectivity index (χ0n) is 16.9. The molecule has 1 aromatic heterocycles. The number of H-pyrrole nitrogens is 1. The lowest BCUT2D eigenvalue weighted by molar-refractivity contribution is -0.122. The minimum atomic E-state index is -0.269. The summed E-state index contributed by atoms with van der Waals surface area (Å²) in [7, 11) is 0. The van der Waals surface area contributed by atoms with Crippen molar-refractivity contribution < 1.29 is 9.59 Å². The molecule has 3 heterocycles. The van der Waals surface area contributed by atoms with Crippen LogP contribution < -0.4 is 5.32 Å². The molecule has 2 aliphatic rings. The highest BCUT2D eigenvalue weighted by Gasteiger charge is 2.39. The van der Waals surface area contributed by atoms with Crippen molar-refractivity contribution in [2.24, 2.45) is 0 Å². The molecule has 0 unspecified atom stereocenters. The number of rotatable bonds is 6. The van der Waals surface area contributed by atoms with Crippen molar-refractivity contribution in [2.45, 2.75) is 18.9 Å². The van der Waals surface area contributed by atoms with Gasteiger partial charge in [0, 0.05) is 41.3 Å². The largest absolute Gasteiger partial charge is 0.361 e. The minimum Gasteiger partial charge on any atom is -0.361 e. The molecule has 1 atom stereocenters. The average Bonchev–Trinajstić information content (AvgIpc) is 3.48. The number of benzene rings is 2. The van der Waals surface area contributed by atoms with Gasteiger partial charge in [-0.05, 0) is 43.6 Å². The van der Waals surface area contributed by atoms with Crippen LogP contribution in [0, 0.1) is 0 Å². The molecular weight excluding hydrogens is 376 g/mol. The van der Waals surface area contributed by atoms with E-state index in [0.717, 1.165) is 41.7 Å². The third-order valence-corrected chi connectivity index (χ3v) is 6.24. The van der Waals surface area contributed by atoms with E-state index < -0.39 is 0 Å². The summed E-state index contributed by atoms with van der Waals surface area (Å²) in [5.41, 5.74) is 3.68. The van der Waals surface area contributed by atoms with Gasteiger partial charge in [-0.15, -0.1) is 0 Å². The number of aromatic amines is 1. The molecule has 154 valence electrons. The Morgan fingerprint density at radius 2 is 1.80 bits per heavy atom. The number of likely N-dealkylation sites (tertiary alicyclic amines) is 1. The second-order valence-corrected chi connectivity index (χ2v) is 8.11. The quantitative estimate of drug-likeness (QED) is 0.666. The number of carbonyl (C=O) groups excluding carboxylic acids is 2. The van der Waals surface area contributed by atoms with Crippen molar-refractivity contribution in [3.8, 4) is 0 Å². The van der Waals surface area contributed by atoms with Gasteiger partial charge < -0.3 is 20.1 Å². The van der Waals surface area contributed by atoms with E-state index in [2.05, 4.69) is 21.3 Å². The monoisotopic (exact) mass is 402 g/mol. The topological polar surface area (TPSA) is 68.4 Å². The number of nitrogens with one attached hydrogen (secondary N) is 2. The number of nitrogens with zero attached hydrogens (tertiary/aromatic N) is 2. The molecule has 30 heavy (non-hydrogen) atoms. The first-order valence-corrected chi connectivity index (χ1v) is 10.7. The standard InChI is InChI=1S/C24H26N4O2/c29-22(25-11-14-27-12-5-6-13-27)16-28-23(18-8-1-2-9-19(18)24(28)30)20-15-26-21-10-4-3-7-17(20)21/h1-4,7-10,15,23,26H,5-6,11-14,16H2,(H,25,29)/t23-/m1/s1. The highest BCUT2D eigenvalue weighted by molar-refractivity contribution is 6.02. The Morgan fingerprint density at radius 3 is 2.67 bits per heavy atom. The minimum absolute atomic E-state index is 0.0533. The molecule has 2 aliphatic heterocycles. The van der Waals surface area contributed by atoms with E-state index >= 15 is 0 Å². The van der Waals surface area contributed by atoms with E-state index in [1.165, 1.54) is 12.8 Å². The summed E-state index contributed by atoms with van der Waals surface area (Å²) in [6.07, 6.45) is 4.44. The molecule has 6 heteroatoms. The number of amides is 2. The van der Waals surface area contributed by atoms with E-state index in [0.29, 0.717) is 12.1 Å². The van der Waals surface area contributed by atoms with Crippen LogP contribution in [0.25, 0.3) is 10.9 Å². The van der Waals surface area contributed by atoms with E-state index in [9.17, 15) is 9.59 Å². The van der Waals surface area contributed by atoms with Gasteiger partial charge >= 0.3 is 0 Å². The molecule has 2 N–H and O–H groups in total. The third-order valence-electron chi connectivity index (χ3n) is 6.24. The van der Waals surface area contributed by atoms with Gasteiger partial charge in [0.25, 0.3) is 5.91 Å². The molecule has 0 spiro atoms. The first-order valence-electron chi connectivity index (χ1n) is 10.7. The number of hydrogen-bond donors (Lipinski definition) is 2. The first-order chi connectivity index (χ1) is 14.7. The normalized spacial score (nSPS) is 18.9. The molecule has 0 aliphatic carbocycles. The number of aromatic nitrogens is 1. The van der Waals surface area contributed by atoms with Gasteiger partial charge in [0.1, 0.15) is 6.54 Å². The fourth-order valence-electron chi connectivity index (χ4n) is 4.76. The summed E-state index contributed by atoms with van der Waals surface area (Å²) in [5.74, 6) is -0.198. The highest BCUT2D eigenvalue weighted by atomic mass is 16.2. The average molecular weight is 402 g/mol. The predicted molar refractivity (Wildman–Crippen MR) is 116 cm³/mol. The van der Waals surface area contributed by atoms with Crippen molar-refractivity contribution in [3.05, 3.63) is 71.4 Å². The lowest BCUT2D eigenvalue weighted by Gasteiger charge is -2.25. The van der Waals surface area contributed by atoms with Crippen molar-refractivity contribution in [2.75, 3.05) is 32.7 Å². The van der Waals surface area contributed by atoms with Crippen LogP contribution >= 0.6 is 0 Å². The Hall–Kier alpha value is -3.12. The molecular formula is C24H26N4O2. The third kappa shape index (κ3) is 3.37. The molecule has 0 radical (unpaired) electrons. The Bertz CT molecular complexity index is 1080. The molecule has 2 aromatic carbocycles. The van der Waals surface area contributed by atoms with Gasteiger partial charge in [0.15, 0.2) is 0 Å². The maximum absolute atomic E-state index is 13.2. The van der Waals surface area contributed by atoms with Crippen molar-refractivity contribution in [1.82, 2.24) is 20.1 Å². The fourth-order valence-corrected chi connectivity index (χ4v) is 4.76. The Balaban J connectivity index is 1.38. The maximum atomic E-state index is 13.2. The van der Waals surface area contributed by atoms with E-state index in [4.69, 9.17) is 0 Å². The van der Waals surface area contributed by atoms with Crippen LogP contribution in [0.4, 0.5) is 0 Å². The van der Waals surface area contributed by atoms with Crippen LogP contribution in [0.15, 0.2) is 54.7 Å². The van der Waals surface area contributed by atoms with Gasteiger partial charge in [0.2, 0.25) is 5.91 Å². The lowest BCUT2D eigenvalue weighted by Crippen LogP contribution is -2.41. The fraction of sp³-hybridized carbons (Fsp3) is 0.333. The maximum Gasteiger partial charge on any atom is 0.255 e. The van der Waals surface area contributed by atoms with Gasteiger partial charge in [-0.3, -0.25) is 9.59 Å². The van der Waals surface area contributed by atoms with Crippen LogP contribution in [0.1, 0.15) is 40.4 Å². The molecule has 1 saturated heterocycles. The summed E-state index contributed by atoms with van der Waals surface area (Å²) in [6.45, 7) is 3.76. The zero-order chi connectivity index (χ0) is 20.5. The van der Waals surface area contributed by atoms with Gasteiger partial charge in [-0.2, -0.15) is 0 Å². The predicted octanol–water partition coefficient (Wildman–Crippen LogP) is 2.93. The van der Waals surface area contributed by atoms with E-state index in [1.54, 1.807) is 4.90 Å². The SMILES string of the molecule is O=C(CN1C(=O)c2ccccc2[C@@H]1c1c[nH]c2ccccc12)NCCN1CCCC1. The molecule has 6 nitrogen and oxygen atoms in total. The molecule has 5 rings (SSSR count). The van der Waals surface area contributed by atoms with Gasteiger partial charge in [-0.1, -0.05) is 36.4 Å². The smallest absolute Gasteiger partial charge is 0.255 e. The second-order valence-electron chi connectivity index (χ2n) is 8.11. The zero-order valence-corrected chi connectivity index (χ0v) is 16.9. The van der Waals surface area contributed by atoms with Crippen molar-refractivity contribution >= 4 is 22.7 Å². The number of hydrogen-bond acceptors (Lipinski definition) is 3. The molecule has 1 fully saturated rings. The van der Waals surface area contributed by atoms with Crippen LogP contribution in [0.2, 0.25) is 0 Å². The van der Waals surface area contributed by atoms with Crippen LogP contribution in [0.3, 0.4) is 0 Å². The number of fused-ring (bicyclic) bond motifs is 2. The van der Waals surface area contributed by atoms with E-state index in [1.807, 2.05) is 48.7 Å². The van der Waals surface area contributed by atoms with Crippen molar-refractivity contribution in [3.63, 3.8) is 0 Å². The summed E-state index contributed by atoms with van der Waals surface area (Å²) in [6, 6.07) is 15.5.